The largest absolute Gasteiger partial charge is 0.299 e. The number of hydrogen-bond donors (Lipinski definition) is 0. The lowest BCUT2D eigenvalue weighted by Crippen LogP contribution is -2.30. The van der Waals surface area contributed by atoms with Crippen LogP contribution in [0.4, 0.5) is 0 Å². The molecule has 0 spiro atoms. The van der Waals surface area contributed by atoms with Crippen LogP contribution in [-0.2, 0) is 7.05 Å². The number of benzene rings is 3. The average Bonchev–Trinajstić information content (AvgIpc) is 3.39. The van der Waals surface area contributed by atoms with Crippen LogP contribution in [0.2, 0.25) is 0 Å². The molecule has 0 unspecified atom stereocenters. The van der Waals surface area contributed by atoms with Gasteiger partial charge in [-0.2, -0.15) is 0 Å². The third-order valence-corrected chi connectivity index (χ3v) is 7.65. The van der Waals surface area contributed by atoms with Gasteiger partial charge in [-0.25, -0.2) is 4.57 Å². The zero-order valence-corrected chi connectivity index (χ0v) is 17.6. The molecule has 4 aromatic heterocycles. The Kier molecular flexibility index (Phi) is 3.05. The summed E-state index contributed by atoms with van der Waals surface area (Å²) in [7, 11) is 2.12. The van der Waals surface area contributed by atoms with E-state index in [9.17, 15) is 0 Å². The minimum absolute atomic E-state index is 1.25. The van der Waals surface area contributed by atoms with Crippen molar-refractivity contribution >= 4 is 58.8 Å². The molecule has 0 aliphatic carbocycles. The monoisotopic (exact) mass is 403 g/mol. The van der Waals surface area contributed by atoms with E-state index in [1.165, 1.54) is 64.3 Å². The van der Waals surface area contributed by atoms with Crippen molar-refractivity contribution in [3.05, 3.63) is 84.6 Å². The number of fused-ring (bicyclic) bond motifs is 8. The molecule has 2 nitrogen and oxygen atoms in total. The summed E-state index contributed by atoms with van der Waals surface area (Å²) in [5, 5.41) is 6.80. The van der Waals surface area contributed by atoms with E-state index in [1.54, 1.807) is 0 Å². The molecule has 0 saturated heterocycles. The Bertz CT molecular complexity index is 1770. The molecule has 0 fully saturated rings. The molecule has 0 atom stereocenters. The molecule has 142 valence electrons. The summed E-state index contributed by atoms with van der Waals surface area (Å²) >= 11 is 1.91. The summed E-state index contributed by atoms with van der Waals surface area (Å²) in [5.41, 5.74) is 6.53. The van der Waals surface area contributed by atoms with Crippen molar-refractivity contribution in [2.45, 2.75) is 6.92 Å². The van der Waals surface area contributed by atoms with Gasteiger partial charge in [0.2, 0.25) is 5.69 Å². The molecule has 4 heterocycles. The van der Waals surface area contributed by atoms with E-state index in [4.69, 9.17) is 0 Å². The lowest BCUT2D eigenvalue weighted by molar-refractivity contribution is -0.660. The fourth-order valence-corrected chi connectivity index (χ4v) is 6.48. The average molecular weight is 404 g/mol. The molecule has 0 aliphatic rings. The van der Waals surface area contributed by atoms with Gasteiger partial charge in [-0.1, -0.05) is 36.4 Å². The lowest BCUT2D eigenvalue weighted by atomic mass is 10.0. The summed E-state index contributed by atoms with van der Waals surface area (Å²) in [5.74, 6) is 0. The quantitative estimate of drug-likeness (QED) is 0.265. The van der Waals surface area contributed by atoms with Crippen LogP contribution in [0.25, 0.3) is 58.8 Å². The SMILES string of the molecule is Cc1cc2sc3c(c2cc1-c1cccc[n+]1C)c1cccc2c4ccccc4n3c21. The number of nitrogens with zero attached hydrogens (tertiary/aromatic N) is 2. The third kappa shape index (κ3) is 1.91. The van der Waals surface area contributed by atoms with E-state index in [0.29, 0.717) is 0 Å². The van der Waals surface area contributed by atoms with E-state index in [0.717, 1.165) is 0 Å². The Morgan fingerprint density at radius 3 is 2.50 bits per heavy atom. The number of aryl methyl sites for hydroxylation is 2. The summed E-state index contributed by atoms with van der Waals surface area (Å²) in [6.45, 7) is 2.23. The first-order valence-corrected chi connectivity index (χ1v) is 11.1. The second-order valence-corrected chi connectivity index (χ2v) is 9.23. The van der Waals surface area contributed by atoms with Crippen LogP contribution in [0.1, 0.15) is 5.56 Å². The number of rotatable bonds is 1. The van der Waals surface area contributed by atoms with Crippen molar-refractivity contribution in [3.8, 4) is 11.3 Å². The number of thiophene rings is 1. The lowest BCUT2D eigenvalue weighted by Gasteiger charge is -2.05. The third-order valence-electron chi connectivity index (χ3n) is 6.51. The molecule has 0 bridgehead atoms. The zero-order chi connectivity index (χ0) is 20.0. The van der Waals surface area contributed by atoms with E-state index >= 15 is 0 Å². The van der Waals surface area contributed by atoms with Crippen LogP contribution < -0.4 is 4.57 Å². The minimum Gasteiger partial charge on any atom is -0.299 e. The highest BCUT2D eigenvalue weighted by Gasteiger charge is 2.22. The van der Waals surface area contributed by atoms with Gasteiger partial charge in [-0.15, -0.1) is 11.3 Å². The van der Waals surface area contributed by atoms with Crippen molar-refractivity contribution < 1.29 is 4.57 Å². The van der Waals surface area contributed by atoms with Crippen molar-refractivity contribution in [1.82, 2.24) is 4.40 Å². The van der Waals surface area contributed by atoms with Gasteiger partial charge < -0.3 is 0 Å². The van der Waals surface area contributed by atoms with Gasteiger partial charge in [0.05, 0.1) is 11.0 Å². The van der Waals surface area contributed by atoms with Crippen LogP contribution >= 0.6 is 11.3 Å². The van der Waals surface area contributed by atoms with Crippen LogP contribution in [0, 0.1) is 6.92 Å². The van der Waals surface area contributed by atoms with Crippen molar-refractivity contribution in [2.75, 3.05) is 0 Å². The zero-order valence-electron chi connectivity index (χ0n) is 16.8. The Labute approximate surface area is 177 Å². The molecule has 3 heteroatoms. The van der Waals surface area contributed by atoms with E-state index in [-0.39, 0.29) is 0 Å². The second kappa shape index (κ2) is 5.59. The topological polar surface area (TPSA) is 8.29 Å². The fraction of sp³-hybridized carbons (Fsp3) is 0.0741. The molecule has 0 aliphatic heterocycles. The maximum Gasteiger partial charge on any atom is 0.212 e. The van der Waals surface area contributed by atoms with Gasteiger partial charge in [0, 0.05) is 49.3 Å². The first kappa shape index (κ1) is 16.4. The van der Waals surface area contributed by atoms with Gasteiger partial charge in [-0.05, 0) is 36.8 Å². The summed E-state index contributed by atoms with van der Waals surface area (Å²) in [4.78, 5) is 1.35. The molecule has 7 aromatic rings. The van der Waals surface area contributed by atoms with E-state index < -0.39 is 0 Å². The molecule has 0 saturated carbocycles. The molecule has 0 radical (unpaired) electrons. The van der Waals surface area contributed by atoms with E-state index in [2.05, 4.69) is 102 Å². The van der Waals surface area contributed by atoms with Crippen LogP contribution in [-0.4, -0.2) is 4.40 Å². The Morgan fingerprint density at radius 1 is 0.800 bits per heavy atom. The maximum absolute atomic E-state index is 2.48. The molecular formula is C27H19N2S+. The number of aromatic nitrogens is 2. The molecular weight excluding hydrogens is 384 g/mol. The van der Waals surface area contributed by atoms with Crippen LogP contribution in [0.15, 0.2) is 79.0 Å². The predicted octanol–water partition coefficient (Wildman–Crippen LogP) is 6.85. The Hall–Kier alpha value is -3.43. The number of pyridine rings is 1. The highest BCUT2D eigenvalue weighted by Crippen LogP contribution is 2.46. The van der Waals surface area contributed by atoms with Crippen molar-refractivity contribution in [2.24, 2.45) is 7.05 Å². The predicted molar refractivity (Wildman–Crippen MR) is 128 cm³/mol. The fourth-order valence-electron chi connectivity index (χ4n) is 5.16. The summed E-state index contributed by atoms with van der Waals surface area (Å²) in [6, 6.07) is 26.7. The summed E-state index contributed by atoms with van der Waals surface area (Å²) < 4.78 is 6.05. The molecule has 7 rings (SSSR count). The minimum atomic E-state index is 1.25. The first-order valence-electron chi connectivity index (χ1n) is 10.3. The van der Waals surface area contributed by atoms with E-state index in [1.807, 2.05) is 11.3 Å². The molecule has 3 aromatic carbocycles. The van der Waals surface area contributed by atoms with Gasteiger partial charge in [0.1, 0.15) is 11.9 Å². The number of hydrogen-bond acceptors (Lipinski definition) is 1. The van der Waals surface area contributed by atoms with Gasteiger partial charge >= 0.3 is 0 Å². The number of para-hydroxylation sites is 2. The molecule has 30 heavy (non-hydrogen) atoms. The van der Waals surface area contributed by atoms with Crippen molar-refractivity contribution in [3.63, 3.8) is 0 Å². The van der Waals surface area contributed by atoms with Gasteiger partial charge in [0.15, 0.2) is 6.20 Å². The Morgan fingerprint density at radius 2 is 1.60 bits per heavy atom. The standard InChI is InChI=1S/C27H19N2S/c1-16-14-24-21(15-20(16)22-11-5-6-13-28(22)2)25-19-10-7-9-18-17-8-3-4-12-23(17)29(26(18)19)27(25)30-24/h3-15H,1-2H3/q+1. The first-order chi connectivity index (χ1) is 14.7. The van der Waals surface area contributed by atoms with Gasteiger partial charge in [0.25, 0.3) is 0 Å². The molecule has 0 N–H and O–H groups in total. The maximum atomic E-state index is 2.48. The normalized spacial score (nSPS) is 12.3. The van der Waals surface area contributed by atoms with Gasteiger partial charge in [-0.3, -0.25) is 4.40 Å². The van der Waals surface area contributed by atoms with Crippen LogP contribution in [0.5, 0.6) is 0 Å². The smallest absolute Gasteiger partial charge is 0.212 e. The molecule has 0 amide bonds. The second-order valence-electron chi connectivity index (χ2n) is 8.20. The highest BCUT2D eigenvalue weighted by atomic mass is 32.1. The Balaban J connectivity index is 1.70. The highest BCUT2D eigenvalue weighted by molar-refractivity contribution is 7.25. The summed E-state index contributed by atoms with van der Waals surface area (Å²) in [6.07, 6.45) is 2.12. The van der Waals surface area contributed by atoms with Crippen LogP contribution in [0.3, 0.4) is 0 Å². The van der Waals surface area contributed by atoms with Crippen molar-refractivity contribution in [1.29, 1.82) is 0 Å².